The number of aromatic hydroxyl groups is 2. The molecule has 0 spiro atoms. The highest BCUT2D eigenvalue weighted by molar-refractivity contribution is 5.90. The number of benzene rings is 4. The number of hydrogen-bond acceptors (Lipinski definition) is 37. The second kappa shape index (κ2) is 31.9. The van der Waals surface area contributed by atoms with E-state index in [0.717, 1.165) is 30.3 Å². The number of aliphatic hydroxyl groups is 17. The van der Waals surface area contributed by atoms with E-state index >= 15 is 0 Å². The van der Waals surface area contributed by atoms with Crippen molar-refractivity contribution in [1.29, 1.82) is 0 Å². The maximum Gasteiger partial charge on any atom is 0.338 e. The minimum absolute atomic E-state index is 0.000440. The molecule has 20 N–H and O–H groups in total. The SMILES string of the molecule is O=C(O)CC(=O)OC[C@H]1O[C@@H](OC2=Cc3c(O)cc(O[C@@H]4O[C@@H](COC(=O)c5ccc(O[C@@H]6O[C@@H](CO)[C@@H](O)[C@H](O)[C@@H]6O)cc5)[C@@H](O)[C@H](O)[C@H]4O)cc3OC2c2ccc(O)c(O[C@@H]3O[C@H](COC(=O)c4ccc(O[C@@H]5O[C@H](CO)[C@@H](O)[C@H](O)[C@H]5O)cc4)[C@@H](O)[C@H](O)[C@@H]3O)c2)[C@H](O)[C@@H](O)[C@@H]1O. The van der Waals surface area contributed by atoms with Gasteiger partial charge in [0.2, 0.25) is 31.5 Å². The van der Waals surface area contributed by atoms with Gasteiger partial charge in [0, 0.05) is 17.7 Å². The van der Waals surface area contributed by atoms with Crippen LogP contribution in [0.4, 0.5) is 0 Å². The van der Waals surface area contributed by atoms with Crippen LogP contribution in [0.25, 0.3) is 6.08 Å². The first-order chi connectivity index (χ1) is 47.5. The van der Waals surface area contributed by atoms with Gasteiger partial charge in [0.25, 0.3) is 0 Å². The Morgan fingerprint density at radius 1 is 0.390 bits per heavy atom. The van der Waals surface area contributed by atoms with Crippen LogP contribution in [0.1, 0.15) is 44.4 Å². The molecule has 4 aromatic carbocycles. The predicted octanol–water partition coefficient (Wildman–Crippen LogP) is -7.14. The van der Waals surface area contributed by atoms with Crippen LogP contribution >= 0.6 is 0 Å². The highest BCUT2D eigenvalue weighted by atomic mass is 16.7. The second-order valence-electron chi connectivity index (χ2n) is 23.7. The molecule has 0 radical (unpaired) electrons. The molecule has 10 rings (SSSR count). The van der Waals surface area contributed by atoms with Crippen molar-refractivity contribution in [3.63, 3.8) is 0 Å². The molecular formula is C62H72O38. The largest absolute Gasteiger partial charge is 0.507 e. The van der Waals surface area contributed by atoms with Crippen LogP contribution in [0.3, 0.4) is 0 Å². The molecule has 1 unspecified atom stereocenters. The van der Waals surface area contributed by atoms with Crippen molar-refractivity contribution in [3.8, 4) is 40.2 Å². The summed E-state index contributed by atoms with van der Waals surface area (Å²) in [4.78, 5) is 49.7. The molecule has 6 aliphatic heterocycles. The van der Waals surface area contributed by atoms with Crippen molar-refractivity contribution < 1.29 is 188 Å². The highest BCUT2D eigenvalue weighted by Crippen LogP contribution is 2.47. The number of esters is 3. The number of carboxylic acids is 1. The molecule has 38 heteroatoms. The van der Waals surface area contributed by atoms with Crippen molar-refractivity contribution in [3.05, 3.63) is 107 Å². The van der Waals surface area contributed by atoms with Gasteiger partial charge in [0.1, 0.15) is 183 Å². The molecule has 0 amide bonds. The van der Waals surface area contributed by atoms with E-state index in [-0.39, 0.29) is 45.3 Å². The zero-order valence-electron chi connectivity index (χ0n) is 51.6. The van der Waals surface area contributed by atoms with Gasteiger partial charge in [0.15, 0.2) is 17.6 Å². The highest BCUT2D eigenvalue weighted by Gasteiger charge is 2.51. The summed E-state index contributed by atoms with van der Waals surface area (Å²) in [7, 11) is 0. The number of ether oxygens (including phenoxy) is 14. The van der Waals surface area contributed by atoms with E-state index < -0.39 is 246 Å². The van der Waals surface area contributed by atoms with E-state index in [9.17, 15) is 116 Å². The van der Waals surface area contributed by atoms with Crippen molar-refractivity contribution in [2.24, 2.45) is 0 Å². The third-order valence-corrected chi connectivity index (χ3v) is 16.8. The summed E-state index contributed by atoms with van der Waals surface area (Å²) in [5.41, 5.74) is -0.584. The molecule has 0 bridgehead atoms. The molecular weight excluding hydrogens is 1350 g/mol. The van der Waals surface area contributed by atoms with Crippen LogP contribution in [0.5, 0.6) is 40.2 Å². The molecule has 0 aliphatic carbocycles. The molecule has 4 aromatic rings. The summed E-state index contributed by atoms with van der Waals surface area (Å²) in [5, 5.41) is 211. The zero-order valence-corrected chi connectivity index (χ0v) is 51.6. The minimum atomic E-state index is -2.13. The molecule has 6 heterocycles. The van der Waals surface area contributed by atoms with Crippen molar-refractivity contribution in [2.45, 2.75) is 166 Å². The number of fused-ring (bicyclic) bond motifs is 1. The van der Waals surface area contributed by atoms with E-state index in [1.165, 1.54) is 54.6 Å². The Morgan fingerprint density at radius 2 is 0.770 bits per heavy atom. The number of aliphatic hydroxyl groups excluding tert-OH is 17. The van der Waals surface area contributed by atoms with E-state index in [1.807, 2.05) is 0 Å². The molecule has 5 fully saturated rings. The normalized spacial score (nSPS) is 35.7. The lowest BCUT2D eigenvalue weighted by Gasteiger charge is -2.41. The molecule has 38 nitrogen and oxygen atoms in total. The number of carbonyl (C=O) groups excluding carboxylic acids is 3. The summed E-state index contributed by atoms with van der Waals surface area (Å²) in [6.07, 6.45) is -46.9. The molecule has 100 heavy (non-hydrogen) atoms. The molecule has 0 aromatic heterocycles. The topological polar surface area (TPSA) is 602 Å². The number of rotatable bonds is 23. The van der Waals surface area contributed by atoms with Gasteiger partial charge in [-0.3, -0.25) is 9.59 Å². The Kier molecular flexibility index (Phi) is 23.8. The van der Waals surface area contributed by atoms with Gasteiger partial charge in [-0.2, -0.15) is 0 Å². The first-order valence-electron chi connectivity index (χ1n) is 30.6. The third-order valence-electron chi connectivity index (χ3n) is 16.8. The Morgan fingerprint density at radius 3 is 1.19 bits per heavy atom. The van der Waals surface area contributed by atoms with Gasteiger partial charge in [-0.05, 0) is 66.7 Å². The number of hydrogen-bond donors (Lipinski definition) is 20. The van der Waals surface area contributed by atoms with Crippen molar-refractivity contribution >= 4 is 30.0 Å². The van der Waals surface area contributed by atoms with Gasteiger partial charge in [0.05, 0.1) is 29.9 Å². The van der Waals surface area contributed by atoms with Crippen LogP contribution in [0, 0.1) is 0 Å². The van der Waals surface area contributed by atoms with E-state index in [1.54, 1.807) is 0 Å². The summed E-state index contributed by atoms with van der Waals surface area (Å²) in [6.45, 7) is -3.93. The van der Waals surface area contributed by atoms with Crippen LogP contribution < -0.4 is 23.7 Å². The number of phenols is 2. The van der Waals surface area contributed by atoms with Gasteiger partial charge in [-0.15, -0.1) is 0 Å². The monoisotopic (exact) mass is 1420 g/mol. The summed E-state index contributed by atoms with van der Waals surface area (Å²) < 4.78 is 78.8. The maximum atomic E-state index is 13.2. The number of phenolic OH excluding ortho intramolecular Hbond substituents is 2. The Balaban J connectivity index is 0.849. The average molecular weight is 1430 g/mol. The summed E-state index contributed by atoms with van der Waals surface area (Å²) in [5.74, 6) is -8.00. The van der Waals surface area contributed by atoms with E-state index in [2.05, 4.69) is 0 Å². The van der Waals surface area contributed by atoms with Crippen molar-refractivity contribution in [2.75, 3.05) is 33.0 Å². The molecule has 6 aliphatic rings. The lowest BCUT2D eigenvalue weighted by molar-refractivity contribution is -0.294. The number of carbonyl (C=O) groups is 4. The van der Waals surface area contributed by atoms with Crippen LogP contribution in [-0.2, 0) is 52.2 Å². The van der Waals surface area contributed by atoms with Crippen LogP contribution in [-0.4, -0.2) is 313 Å². The fourth-order valence-electron chi connectivity index (χ4n) is 11.0. The molecule has 26 atom stereocenters. The van der Waals surface area contributed by atoms with Gasteiger partial charge < -0.3 is 168 Å². The maximum absolute atomic E-state index is 13.2. The Bertz CT molecular complexity index is 3500. The van der Waals surface area contributed by atoms with E-state index in [4.69, 9.17) is 71.4 Å². The molecule has 5 saturated heterocycles. The number of carboxylic acid groups (broad SMARTS) is 1. The van der Waals surface area contributed by atoms with Crippen LogP contribution in [0.15, 0.2) is 84.6 Å². The summed E-state index contributed by atoms with van der Waals surface area (Å²) in [6, 6.07) is 15.2. The minimum Gasteiger partial charge on any atom is -0.507 e. The predicted molar refractivity (Wildman–Crippen MR) is 315 cm³/mol. The first-order valence-corrected chi connectivity index (χ1v) is 30.6. The lowest BCUT2D eigenvalue weighted by Crippen LogP contribution is -2.60. The smallest absolute Gasteiger partial charge is 0.338 e. The number of aliphatic carboxylic acids is 1. The zero-order chi connectivity index (χ0) is 72.3. The molecule has 548 valence electrons. The first kappa shape index (κ1) is 74.7. The van der Waals surface area contributed by atoms with E-state index in [0.29, 0.717) is 0 Å². The fraction of sp³-hybridized carbons (Fsp3) is 0.516. The summed E-state index contributed by atoms with van der Waals surface area (Å²) >= 11 is 0. The quantitative estimate of drug-likeness (QED) is 0.0186. The van der Waals surface area contributed by atoms with Gasteiger partial charge >= 0.3 is 23.9 Å². The van der Waals surface area contributed by atoms with Gasteiger partial charge in [-0.25, -0.2) is 9.59 Å². The molecule has 0 saturated carbocycles. The third kappa shape index (κ3) is 16.5. The Hall–Kier alpha value is -7.98. The second-order valence-corrected chi connectivity index (χ2v) is 23.7. The van der Waals surface area contributed by atoms with Crippen molar-refractivity contribution in [1.82, 2.24) is 0 Å². The standard InChI is InChI=1S/C62H72O38/c63-16-33-40(70)45(75)50(80)58(96-33)90-24-6-1-21(2-7-24)56(85)88-19-36-43(73)47(77)52(82)60(98-36)92-26-12-29(66)27-14-32(95-62-54(84)48(78)42(72)35(99-62)18-87-39(69)15-38(67)68)55(93-30(27)13-26)23-5-10-28(65)31(11-23)94-61-53(83)49(79)44(74)37(100-61)20-89-57(86)22-3-8-25(9-4-22)91-59-51(81)46(76)41(71)34(17-64)97-59/h1-14,33-37,40-55,58-66,70-84H,15-20H2,(H,67,68)/t33-,34+,35+,36-,37+,40+,41+,42+,43+,44+,45-,46-,47-,48-,49-,50-,51+,52+,53-,54+,55?,58+,59+,60+,61+,62+/m0/s1. The van der Waals surface area contributed by atoms with Gasteiger partial charge in [-0.1, -0.05) is 6.07 Å². The van der Waals surface area contributed by atoms with Crippen LogP contribution in [0.2, 0.25) is 0 Å². The fourth-order valence-corrected chi connectivity index (χ4v) is 11.0. The Labute approximate surface area is 562 Å². The average Bonchev–Trinajstić information content (AvgIpc) is 0.761. The lowest BCUT2D eigenvalue weighted by atomic mass is 9.98.